The lowest BCUT2D eigenvalue weighted by Crippen LogP contribution is -2.37. The zero-order valence-corrected chi connectivity index (χ0v) is 19.6. The first-order valence-corrected chi connectivity index (χ1v) is 12.3. The van der Waals surface area contributed by atoms with E-state index in [2.05, 4.69) is 32.5 Å². The number of ether oxygens (including phenoxy) is 1. The van der Waals surface area contributed by atoms with E-state index in [4.69, 9.17) is 9.15 Å². The van der Waals surface area contributed by atoms with Crippen molar-refractivity contribution in [3.8, 4) is 0 Å². The van der Waals surface area contributed by atoms with Gasteiger partial charge in [-0.15, -0.1) is 10.2 Å². The second kappa shape index (κ2) is 10.5. The second-order valence-corrected chi connectivity index (χ2v) is 9.58. The molecule has 34 heavy (non-hydrogen) atoms. The predicted octanol–water partition coefficient (Wildman–Crippen LogP) is 2.28. The third-order valence-electron chi connectivity index (χ3n) is 6.04. The number of nitrogens with one attached hydrogen (secondary N) is 1. The standard InChI is InChI=1S/C24H27N5O4S/c30-22-14-18(25-23(31)24-27-26-21(34-24)8-7-20-2-1-11-33-20)16-29(22)19-5-3-17(4-6-19)15-28-9-12-32-13-10-28/h1-6,11,18H,7-10,12-16H2,(H,25,31). The van der Waals surface area contributed by atoms with Gasteiger partial charge in [0.05, 0.1) is 25.5 Å². The largest absolute Gasteiger partial charge is 0.469 e. The molecule has 5 rings (SSSR count). The zero-order valence-electron chi connectivity index (χ0n) is 18.8. The Balaban J connectivity index is 1.13. The molecule has 2 aliphatic heterocycles. The van der Waals surface area contributed by atoms with Gasteiger partial charge in [0.25, 0.3) is 5.91 Å². The van der Waals surface area contributed by atoms with Crippen LogP contribution in [-0.2, 0) is 28.9 Å². The molecule has 2 fully saturated rings. The average Bonchev–Trinajstić information content (AvgIpc) is 3.61. The normalized spacial score (nSPS) is 19.0. The number of morpholine rings is 1. The minimum atomic E-state index is -0.290. The van der Waals surface area contributed by atoms with E-state index in [1.807, 2.05) is 24.3 Å². The van der Waals surface area contributed by atoms with Crippen molar-refractivity contribution >= 4 is 28.8 Å². The Bertz CT molecular complexity index is 1110. The van der Waals surface area contributed by atoms with Crippen LogP contribution in [-0.4, -0.2) is 65.8 Å². The molecular weight excluding hydrogens is 454 g/mol. The summed E-state index contributed by atoms with van der Waals surface area (Å²) in [5.74, 6) is 0.588. The smallest absolute Gasteiger partial charge is 0.282 e. The van der Waals surface area contributed by atoms with Crippen molar-refractivity contribution in [1.82, 2.24) is 20.4 Å². The van der Waals surface area contributed by atoms with Gasteiger partial charge < -0.3 is 19.4 Å². The van der Waals surface area contributed by atoms with Gasteiger partial charge in [-0.1, -0.05) is 23.5 Å². The van der Waals surface area contributed by atoms with E-state index in [0.29, 0.717) is 24.4 Å². The lowest BCUT2D eigenvalue weighted by molar-refractivity contribution is -0.117. The number of hydrogen-bond acceptors (Lipinski definition) is 8. The van der Waals surface area contributed by atoms with Crippen LogP contribution >= 0.6 is 11.3 Å². The fraction of sp³-hybridized carbons (Fsp3) is 0.417. The fourth-order valence-electron chi connectivity index (χ4n) is 4.23. The number of benzene rings is 1. The number of anilines is 1. The molecule has 0 radical (unpaired) electrons. The lowest BCUT2D eigenvalue weighted by atomic mass is 10.2. The Morgan fingerprint density at radius 2 is 1.94 bits per heavy atom. The third kappa shape index (κ3) is 5.52. The Morgan fingerprint density at radius 3 is 2.71 bits per heavy atom. The van der Waals surface area contributed by atoms with E-state index >= 15 is 0 Å². The van der Waals surface area contributed by atoms with Crippen LogP contribution < -0.4 is 10.2 Å². The summed E-state index contributed by atoms with van der Waals surface area (Å²) in [7, 11) is 0. The summed E-state index contributed by atoms with van der Waals surface area (Å²) in [4.78, 5) is 29.4. The van der Waals surface area contributed by atoms with Crippen LogP contribution in [0.5, 0.6) is 0 Å². The number of carbonyl (C=O) groups is 2. The molecule has 0 saturated carbocycles. The molecule has 2 aliphatic rings. The summed E-state index contributed by atoms with van der Waals surface area (Å²) in [6, 6.07) is 11.6. The molecule has 1 aromatic carbocycles. The maximum absolute atomic E-state index is 12.7. The summed E-state index contributed by atoms with van der Waals surface area (Å²) in [6.45, 7) is 4.74. The SMILES string of the molecule is O=C(NC1CC(=O)N(c2ccc(CN3CCOCC3)cc2)C1)c1nnc(CCc2ccco2)s1. The highest BCUT2D eigenvalue weighted by atomic mass is 32.1. The molecule has 1 unspecified atom stereocenters. The summed E-state index contributed by atoms with van der Waals surface area (Å²) >= 11 is 1.27. The van der Waals surface area contributed by atoms with Gasteiger partial charge in [0.1, 0.15) is 10.8 Å². The highest BCUT2D eigenvalue weighted by Gasteiger charge is 2.32. The van der Waals surface area contributed by atoms with E-state index in [-0.39, 0.29) is 24.3 Å². The molecule has 0 bridgehead atoms. The highest BCUT2D eigenvalue weighted by molar-refractivity contribution is 7.13. The number of nitrogens with zero attached hydrogens (tertiary/aromatic N) is 4. The number of amides is 2. The maximum atomic E-state index is 12.7. The van der Waals surface area contributed by atoms with Gasteiger partial charge in [0.15, 0.2) is 0 Å². The number of furan rings is 1. The van der Waals surface area contributed by atoms with E-state index in [1.54, 1.807) is 11.2 Å². The van der Waals surface area contributed by atoms with Crippen LogP contribution in [0.1, 0.15) is 32.6 Å². The average molecular weight is 482 g/mol. The number of carbonyl (C=O) groups excluding carboxylic acids is 2. The molecule has 3 aromatic rings. The van der Waals surface area contributed by atoms with E-state index in [1.165, 1.54) is 16.9 Å². The Kier molecular flexibility index (Phi) is 6.98. The van der Waals surface area contributed by atoms with Crippen molar-refractivity contribution in [2.75, 3.05) is 37.7 Å². The van der Waals surface area contributed by atoms with Gasteiger partial charge in [0.2, 0.25) is 10.9 Å². The van der Waals surface area contributed by atoms with Crippen molar-refractivity contribution < 1.29 is 18.7 Å². The van der Waals surface area contributed by atoms with Crippen molar-refractivity contribution in [3.05, 3.63) is 64.0 Å². The van der Waals surface area contributed by atoms with Crippen LogP contribution in [0.4, 0.5) is 5.69 Å². The molecule has 2 amide bonds. The summed E-state index contributed by atoms with van der Waals surface area (Å²) in [5.41, 5.74) is 2.06. The van der Waals surface area contributed by atoms with Gasteiger partial charge in [-0.25, -0.2) is 0 Å². The molecule has 0 spiro atoms. The lowest BCUT2D eigenvalue weighted by Gasteiger charge is -2.26. The molecule has 2 saturated heterocycles. The Morgan fingerprint density at radius 1 is 1.12 bits per heavy atom. The number of aryl methyl sites for hydroxylation is 2. The number of rotatable bonds is 8. The summed E-state index contributed by atoms with van der Waals surface area (Å²) < 4.78 is 10.7. The molecule has 1 N–H and O–H groups in total. The number of hydrogen-bond donors (Lipinski definition) is 1. The van der Waals surface area contributed by atoms with Crippen molar-refractivity contribution in [3.63, 3.8) is 0 Å². The van der Waals surface area contributed by atoms with Gasteiger partial charge in [-0.3, -0.25) is 14.5 Å². The van der Waals surface area contributed by atoms with Crippen LogP contribution in [0.3, 0.4) is 0 Å². The fourth-order valence-corrected chi connectivity index (χ4v) is 4.97. The van der Waals surface area contributed by atoms with Gasteiger partial charge in [-0.05, 0) is 29.8 Å². The Labute approximate surface area is 201 Å². The molecule has 2 aromatic heterocycles. The summed E-state index contributed by atoms with van der Waals surface area (Å²) in [5, 5.41) is 12.2. The maximum Gasteiger partial charge on any atom is 0.282 e. The quantitative estimate of drug-likeness (QED) is 0.527. The van der Waals surface area contributed by atoms with Crippen LogP contribution in [0.2, 0.25) is 0 Å². The van der Waals surface area contributed by atoms with E-state index < -0.39 is 0 Å². The Hall–Kier alpha value is -3.08. The second-order valence-electron chi connectivity index (χ2n) is 8.51. The monoisotopic (exact) mass is 481 g/mol. The predicted molar refractivity (Wildman–Crippen MR) is 127 cm³/mol. The zero-order chi connectivity index (χ0) is 23.3. The van der Waals surface area contributed by atoms with Crippen molar-refractivity contribution in [1.29, 1.82) is 0 Å². The van der Waals surface area contributed by atoms with Crippen LogP contribution in [0, 0.1) is 0 Å². The molecule has 178 valence electrons. The molecular formula is C24H27N5O4S. The van der Waals surface area contributed by atoms with E-state index in [0.717, 1.165) is 49.3 Å². The van der Waals surface area contributed by atoms with Crippen LogP contribution in [0.15, 0.2) is 47.1 Å². The molecule has 0 aliphatic carbocycles. The first-order chi connectivity index (χ1) is 16.6. The first kappa shape index (κ1) is 22.7. The minimum absolute atomic E-state index is 0.00244. The number of aromatic nitrogens is 2. The molecule has 1 atom stereocenters. The van der Waals surface area contributed by atoms with Gasteiger partial charge >= 0.3 is 0 Å². The van der Waals surface area contributed by atoms with Gasteiger partial charge in [0, 0.05) is 51.1 Å². The molecule has 4 heterocycles. The minimum Gasteiger partial charge on any atom is -0.469 e. The highest BCUT2D eigenvalue weighted by Crippen LogP contribution is 2.23. The van der Waals surface area contributed by atoms with Crippen molar-refractivity contribution in [2.45, 2.75) is 31.8 Å². The van der Waals surface area contributed by atoms with E-state index in [9.17, 15) is 9.59 Å². The topological polar surface area (TPSA) is 101 Å². The van der Waals surface area contributed by atoms with Crippen LogP contribution in [0.25, 0.3) is 0 Å². The molecule has 9 nitrogen and oxygen atoms in total. The molecule has 10 heteroatoms. The summed E-state index contributed by atoms with van der Waals surface area (Å²) in [6.07, 6.45) is 3.28. The van der Waals surface area contributed by atoms with Gasteiger partial charge in [-0.2, -0.15) is 0 Å². The van der Waals surface area contributed by atoms with Crippen molar-refractivity contribution in [2.24, 2.45) is 0 Å². The third-order valence-corrected chi connectivity index (χ3v) is 7.03. The first-order valence-electron chi connectivity index (χ1n) is 11.5.